The van der Waals surface area contributed by atoms with Gasteiger partial charge in [0.25, 0.3) is 0 Å². The van der Waals surface area contributed by atoms with Gasteiger partial charge in [-0.1, -0.05) is 38.1 Å². The Balaban J connectivity index is 1.96. The first-order valence-electron chi connectivity index (χ1n) is 7.93. The number of benzene rings is 1. The summed E-state index contributed by atoms with van der Waals surface area (Å²) in [7, 11) is 0. The third-order valence-electron chi connectivity index (χ3n) is 4.31. The summed E-state index contributed by atoms with van der Waals surface area (Å²) >= 11 is 0. The van der Waals surface area contributed by atoms with E-state index in [0.717, 1.165) is 37.4 Å². The van der Waals surface area contributed by atoms with Gasteiger partial charge in [-0.15, -0.1) is 0 Å². The molecule has 0 amide bonds. The average molecular weight is 281 g/mol. The van der Waals surface area contributed by atoms with Crippen molar-refractivity contribution in [3.05, 3.63) is 52.5 Å². The molecule has 2 aromatic rings. The number of hydrogen-bond acceptors (Lipinski definition) is 3. The molecule has 0 saturated carbocycles. The monoisotopic (exact) mass is 281 g/mol. The zero-order valence-electron chi connectivity index (χ0n) is 13.1. The van der Waals surface area contributed by atoms with E-state index in [1.165, 1.54) is 22.4 Å². The van der Waals surface area contributed by atoms with E-state index in [4.69, 9.17) is 9.97 Å². The molecule has 1 unspecified atom stereocenters. The van der Waals surface area contributed by atoms with E-state index in [-0.39, 0.29) is 0 Å². The first-order chi connectivity index (χ1) is 10.2. The second-order valence-electron chi connectivity index (χ2n) is 5.74. The predicted octanol–water partition coefficient (Wildman–Crippen LogP) is 3.86. The number of hydrogen-bond donors (Lipinski definition) is 1. The summed E-state index contributed by atoms with van der Waals surface area (Å²) in [6.07, 6.45) is 3.12. The molecule has 1 aromatic carbocycles. The number of nitrogens with zero attached hydrogens (tertiary/aromatic N) is 2. The van der Waals surface area contributed by atoms with Crippen LogP contribution in [0.15, 0.2) is 24.3 Å². The summed E-state index contributed by atoms with van der Waals surface area (Å²) < 4.78 is 0. The highest BCUT2D eigenvalue weighted by Crippen LogP contribution is 2.39. The number of aromatic nitrogens is 2. The van der Waals surface area contributed by atoms with E-state index in [9.17, 15) is 0 Å². The molecular weight excluding hydrogens is 258 g/mol. The molecular formula is C18H23N3. The van der Waals surface area contributed by atoms with Crippen LogP contribution in [0.1, 0.15) is 54.4 Å². The second kappa shape index (κ2) is 5.84. The van der Waals surface area contributed by atoms with Gasteiger partial charge in [-0.2, -0.15) is 0 Å². The SMILES string of the molecule is CCCNc1nc(C2Cc3ccccc32)nc(CC)c1C. The van der Waals surface area contributed by atoms with Crippen LogP contribution >= 0.6 is 0 Å². The smallest absolute Gasteiger partial charge is 0.138 e. The van der Waals surface area contributed by atoms with E-state index in [2.05, 4.69) is 50.4 Å². The molecule has 3 nitrogen and oxygen atoms in total. The van der Waals surface area contributed by atoms with E-state index < -0.39 is 0 Å². The minimum atomic E-state index is 0.370. The maximum Gasteiger partial charge on any atom is 0.138 e. The van der Waals surface area contributed by atoms with Gasteiger partial charge in [-0.3, -0.25) is 0 Å². The van der Waals surface area contributed by atoms with Crippen molar-refractivity contribution in [2.75, 3.05) is 11.9 Å². The van der Waals surface area contributed by atoms with Crippen LogP contribution in [0.25, 0.3) is 0 Å². The second-order valence-corrected chi connectivity index (χ2v) is 5.74. The van der Waals surface area contributed by atoms with Crippen molar-refractivity contribution in [1.82, 2.24) is 9.97 Å². The molecule has 1 N–H and O–H groups in total. The molecule has 1 atom stereocenters. The van der Waals surface area contributed by atoms with Crippen LogP contribution in [0.5, 0.6) is 0 Å². The van der Waals surface area contributed by atoms with Gasteiger partial charge >= 0.3 is 0 Å². The van der Waals surface area contributed by atoms with Gasteiger partial charge in [0.2, 0.25) is 0 Å². The van der Waals surface area contributed by atoms with Crippen molar-refractivity contribution >= 4 is 5.82 Å². The largest absolute Gasteiger partial charge is 0.370 e. The van der Waals surface area contributed by atoms with Crippen molar-refractivity contribution in [2.24, 2.45) is 0 Å². The maximum absolute atomic E-state index is 4.83. The number of anilines is 1. The van der Waals surface area contributed by atoms with Gasteiger partial charge in [0.05, 0.1) is 0 Å². The summed E-state index contributed by atoms with van der Waals surface area (Å²) in [5.74, 6) is 2.37. The minimum absolute atomic E-state index is 0.370. The van der Waals surface area contributed by atoms with Gasteiger partial charge in [-0.05, 0) is 37.3 Å². The predicted molar refractivity (Wildman–Crippen MR) is 86.9 cm³/mol. The molecule has 21 heavy (non-hydrogen) atoms. The van der Waals surface area contributed by atoms with Crippen LogP contribution in [-0.4, -0.2) is 16.5 Å². The Morgan fingerprint density at radius 2 is 2.00 bits per heavy atom. The highest BCUT2D eigenvalue weighted by Gasteiger charge is 2.30. The van der Waals surface area contributed by atoms with Gasteiger partial charge in [0.1, 0.15) is 11.6 Å². The van der Waals surface area contributed by atoms with Crippen LogP contribution < -0.4 is 5.32 Å². The molecule has 0 fully saturated rings. The van der Waals surface area contributed by atoms with E-state index in [1.54, 1.807) is 0 Å². The fraction of sp³-hybridized carbons (Fsp3) is 0.444. The summed E-state index contributed by atoms with van der Waals surface area (Å²) in [6.45, 7) is 7.42. The maximum atomic E-state index is 4.83. The third-order valence-corrected chi connectivity index (χ3v) is 4.31. The van der Waals surface area contributed by atoms with Gasteiger partial charge in [0.15, 0.2) is 0 Å². The Hall–Kier alpha value is -1.90. The third kappa shape index (κ3) is 2.53. The van der Waals surface area contributed by atoms with Crippen molar-refractivity contribution in [3.8, 4) is 0 Å². The Labute approximate surface area is 126 Å². The number of fused-ring (bicyclic) bond motifs is 1. The molecule has 0 bridgehead atoms. The van der Waals surface area contributed by atoms with Crippen LogP contribution in [0.4, 0.5) is 5.82 Å². The summed E-state index contributed by atoms with van der Waals surface area (Å²) in [6, 6.07) is 8.63. The number of aryl methyl sites for hydroxylation is 1. The summed E-state index contributed by atoms with van der Waals surface area (Å²) in [5.41, 5.74) is 5.20. The molecule has 0 saturated heterocycles. The lowest BCUT2D eigenvalue weighted by molar-refractivity contribution is 0.652. The van der Waals surface area contributed by atoms with Crippen molar-refractivity contribution in [2.45, 2.75) is 46.0 Å². The summed E-state index contributed by atoms with van der Waals surface area (Å²) in [4.78, 5) is 9.65. The molecule has 1 aliphatic carbocycles. The fourth-order valence-electron chi connectivity index (χ4n) is 2.99. The van der Waals surface area contributed by atoms with Crippen LogP contribution in [-0.2, 0) is 12.8 Å². The van der Waals surface area contributed by atoms with Crippen LogP contribution in [0.2, 0.25) is 0 Å². The van der Waals surface area contributed by atoms with E-state index >= 15 is 0 Å². The molecule has 3 heteroatoms. The van der Waals surface area contributed by atoms with Crippen molar-refractivity contribution in [3.63, 3.8) is 0 Å². The Morgan fingerprint density at radius 1 is 1.19 bits per heavy atom. The molecule has 1 aliphatic rings. The van der Waals surface area contributed by atoms with Gasteiger partial charge < -0.3 is 5.32 Å². The lowest BCUT2D eigenvalue weighted by Crippen LogP contribution is -2.22. The first kappa shape index (κ1) is 14.1. The highest BCUT2D eigenvalue weighted by atomic mass is 15.0. The van der Waals surface area contributed by atoms with Crippen LogP contribution in [0, 0.1) is 6.92 Å². The van der Waals surface area contributed by atoms with Crippen molar-refractivity contribution < 1.29 is 0 Å². The zero-order valence-corrected chi connectivity index (χ0v) is 13.1. The van der Waals surface area contributed by atoms with E-state index in [1.807, 2.05) is 0 Å². The minimum Gasteiger partial charge on any atom is -0.370 e. The molecule has 0 spiro atoms. The normalized spacial score (nSPS) is 16.2. The Kier molecular flexibility index (Phi) is 3.91. The fourth-order valence-corrected chi connectivity index (χ4v) is 2.99. The first-order valence-corrected chi connectivity index (χ1v) is 7.93. The van der Waals surface area contributed by atoms with Gasteiger partial charge in [0, 0.05) is 23.7 Å². The molecule has 0 radical (unpaired) electrons. The Morgan fingerprint density at radius 3 is 2.71 bits per heavy atom. The van der Waals surface area contributed by atoms with E-state index in [0.29, 0.717) is 5.92 Å². The van der Waals surface area contributed by atoms with Crippen LogP contribution in [0.3, 0.4) is 0 Å². The highest BCUT2D eigenvalue weighted by molar-refractivity contribution is 5.49. The lowest BCUT2D eigenvalue weighted by Gasteiger charge is -2.29. The van der Waals surface area contributed by atoms with Crippen molar-refractivity contribution in [1.29, 1.82) is 0 Å². The molecule has 1 heterocycles. The number of rotatable bonds is 5. The zero-order chi connectivity index (χ0) is 14.8. The number of nitrogens with one attached hydrogen (secondary N) is 1. The average Bonchev–Trinajstić information content (AvgIpc) is 2.48. The summed E-state index contributed by atoms with van der Waals surface area (Å²) in [5, 5.41) is 3.45. The quantitative estimate of drug-likeness (QED) is 0.904. The Bertz CT molecular complexity index is 649. The molecule has 0 aliphatic heterocycles. The van der Waals surface area contributed by atoms with Gasteiger partial charge in [-0.25, -0.2) is 9.97 Å². The molecule has 110 valence electrons. The molecule has 3 rings (SSSR count). The topological polar surface area (TPSA) is 37.8 Å². The standard InChI is InChI=1S/C18H23N3/c1-4-10-19-17-12(3)16(5-2)20-18(21-17)15-11-13-8-6-7-9-14(13)15/h6-9,15H,4-5,10-11H2,1-3H3,(H,19,20,21). The lowest BCUT2D eigenvalue weighted by atomic mass is 9.77. The molecule has 1 aromatic heterocycles.